The molecular formula is C18H16NO2S-. The first kappa shape index (κ1) is 14.6. The smallest absolute Gasteiger partial charge is 0.0631 e. The van der Waals surface area contributed by atoms with Crippen LogP contribution in [0.4, 0.5) is 0 Å². The number of carboxylic acid groups (broad SMARTS) is 1. The highest BCUT2D eigenvalue weighted by molar-refractivity contribution is 7.13. The van der Waals surface area contributed by atoms with Gasteiger partial charge in [0, 0.05) is 17.4 Å². The first-order chi connectivity index (χ1) is 10.6. The molecule has 4 heteroatoms. The van der Waals surface area contributed by atoms with E-state index in [9.17, 15) is 9.90 Å². The van der Waals surface area contributed by atoms with E-state index in [4.69, 9.17) is 0 Å². The summed E-state index contributed by atoms with van der Waals surface area (Å²) in [5, 5.41) is 12.8. The lowest BCUT2D eigenvalue weighted by atomic mass is 10.2. The minimum absolute atomic E-state index is 0.0275. The molecule has 0 aliphatic heterocycles. The molecule has 0 radical (unpaired) electrons. The number of nitrogens with zero attached hydrogens (tertiary/aromatic N) is 1. The molecule has 0 saturated carbocycles. The number of benzene rings is 1. The van der Waals surface area contributed by atoms with Gasteiger partial charge in [0.25, 0.3) is 0 Å². The molecule has 112 valence electrons. The van der Waals surface area contributed by atoms with Gasteiger partial charge in [0.05, 0.1) is 10.6 Å². The molecule has 0 bridgehead atoms. The largest absolute Gasteiger partial charge is 0.550 e. The normalized spacial score (nSPS) is 10.8. The van der Waals surface area contributed by atoms with Crippen LogP contribution in [0.15, 0.2) is 53.9 Å². The van der Waals surface area contributed by atoms with E-state index < -0.39 is 5.97 Å². The van der Waals surface area contributed by atoms with Crippen molar-refractivity contribution in [3.8, 4) is 16.3 Å². The van der Waals surface area contributed by atoms with Gasteiger partial charge in [-0.15, -0.1) is 11.3 Å². The number of carbonyl (C=O) groups excluding carboxylic acids is 1. The standard InChI is InChI=1S/C18H17NO2S/c1-13-4-6-14(7-5-13)19-15(9-11-18(20)21)8-10-16(19)17-3-2-12-22-17/h2-8,10,12H,9,11H2,1H3,(H,20,21)/p-1. The number of aryl methyl sites for hydroxylation is 2. The fourth-order valence-electron chi connectivity index (χ4n) is 2.52. The summed E-state index contributed by atoms with van der Waals surface area (Å²) in [7, 11) is 0. The predicted molar refractivity (Wildman–Crippen MR) is 87.1 cm³/mol. The van der Waals surface area contributed by atoms with Crippen molar-refractivity contribution in [1.82, 2.24) is 4.57 Å². The van der Waals surface area contributed by atoms with Crippen molar-refractivity contribution >= 4 is 17.3 Å². The molecule has 3 nitrogen and oxygen atoms in total. The Bertz CT molecular complexity index is 770. The molecule has 0 spiro atoms. The number of hydrogen-bond donors (Lipinski definition) is 0. The van der Waals surface area contributed by atoms with Gasteiger partial charge in [0.15, 0.2) is 0 Å². The summed E-state index contributed by atoms with van der Waals surface area (Å²) in [6, 6.07) is 16.4. The maximum absolute atomic E-state index is 10.8. The van der Waals surface area contributed by atoms with Crippen molar-refractivity contribution in [2.75, 3.05) is 0 Å². The molecule has 3 rings (SSSR count). The SMILES string of the molecule is Cc1ccc(-n2c(CCC(=O)[O-])ccc2-c2cccs2)cc1. The van der Waals surface area contributed by atoms with Crippen LogP contribution in [-0.4, -0.2) is 10.5 Å². The van der Waals surface area contributed by atoms with Crippen molar-refractivity contribution in [3.63, 3.8) is 0 Å². The molecule has 0 N–H and O–H groups in total. The van der Waals surface area contributed by atoms with E-state index >= 15 is 0 Å². The highest BCUT2D eigenvalue weighted by atomic mass is 32.1. The second kappa shape index (κ2) is 6.20. The summed E-state index contributed by atoms with van der Waals surface area (Å²) in [5.41, 5.74) is 4.32. The number of thiophene rings is 1. The first-order valence-electron chi connectivity index (χ1n) is 7.16. The van der Waals surface area contributed by atoms with Crippen LogP contribution in [0.2, 0.25) is 0 Å². The monoisotopic (exact) mass is 310 g/mol. The van der Waals surface area contributed by atoms with Gasteiger partial charge in [-0.25, -0.2) is 0 Å². The zero-order valence-corrected chi connectivity index (χ0v) is 13.1. The van der Waals surface area contributed by atoms with Crippen LogP contribution in [-0.2, 0) is 11.2 Å². The third kappa shape index (κ3) is 2.97. The average molecular weight is 310 g/mol. The number of carbonyl (C=O) groups is 1. The second-order valence-corrected chi connectivity index (χ2v) is 6.18. The lowest BCUT2D eigenvalue weighted by Crippen LogP contribution is -2.22. The average Bonchev–Trinajstić information content (AvgIpc) is 3.15. The Morgan fingerprint density at radius 1 is 1.14 bits per heavy atom. The maximum Gasteiger partial charge on any atom is 0.0631 e. The van der Waals surface area contributed by atoms with E-state index in [0.717, 1.165) is 17.1 Å². The molecule has 0 fully saturated rings. The molecule has 0 aliphatic carbocycles. The fraction of sp³-hybridized carbons (Fsp3) is 0.167. The summed E-state index contributed by atoms with van der Waals surface area (Å²) < 4.78 is 2.13. The van der Waals surface area contributed by atoms with Gasteiger partial charge in [0.2, 0.25) is 0 Å². The molecule has 0 unspecified atom stereocenters. The minimum Gasteiger partial charge on any atom is -0.550 e. The van der Waals surface area contributed by atoms with Crippen LogP contribution in [0, 0.1) is 6.92 Å². The molecular weight excluding hydrogens is 294 g/mol. The molecule has 3 aromatic rings. The summed E-state index contributed by atoms with van der Waals surface area (Å²) in [6.07, 6.45) is 0.487. The zero-order chi connectivity index (χ0) is 15.5. The van der Waals surface area contributed by atoms with Gasteiger partial charge in [-0.3, -0.25) is 0 Å². The minimum atomic E-state index is -1.02. The van der Waals surface area contributed by atoms with Crippen LogP contribution in [0.5, 0.6) is 0 Å². The first-order valence-corrected chi connectivity index (χ1v) is 8.04. The van der Waals surface area contributed by atoms with E-state index in [2.05, 4.69) is 47.9 Å². The zero-order valence-electron chi connectivity index (χ0n) is 12.3. The van der Waals surface area contributed by atoms with E-state index in [-0.39, 0.29) is 6.42 Å². The van der Waals surface area contributed by atoms with E-state index in [1.165, 1.54) is 10.4 Å². The van der Waals surface area contributed by atoms with E-state index in [0.29, 0.717) is 6.42 Å². The quantitative estimate of drug-likeness (QED) is 0.726. The Balaban J connectivity index is 2.08. The highest BCUT2D eigenvalue weighted by Gasteiger charge is 2.12. The van der Waals surface area contributed by atoms with Gasteiger partial charge in [0.1, 0.15) is 0 Å². The van der Waals surface area contributed by atoms with Crippen molar-refractivity contribution in [2.24, 2.45) is 0 Å². The molecule has 2 heterocycles. The summed E-state index contributed by atoms with van der Waals surface area (Å²) in [4.78, 5) is 11.9. The van der Waals surface area contributed by atoms with Crippen LogP contribution >= 0.6 is 11.3 Å². The van der Waals surface area contributed by atoms with Crippen LogP contribution in [0.3, 0.4) is 0 Å². The maximum atomic E-state index is 10.8. The molecule has 22 heavy (non-hydrogen) atoms. The molecule has 0 saturated heterocycles. The van der Waals surface area contributed by atoms with Crippen molar-refractivity contribution in [2.45, 2.75) is 19.8 Å². The van der Waals surface area contributed by atoms with Crippen LogP contribution < -0.4 is 5.11 Å². The van der Waals surface area contributed by atoms with Crippen molar-refractivity contribution < 1.29 is 9.90 Å². The van der Waals surface area contributed by atoms with Crippen molar-refractivity contribution in [1.29, 1.82) is 0 Å². The Morgan fingerprint density at radius 2 is 1.91 bits per heavy atom. The Kier molecular flexibility index (Phi) is 4.11. The van der Waals surface area contributed by atoms with Crippen LogP contribution in [0.1, 0.15) is 17.7 Å². The summed E-state index contributed by atoms with van der Waals surface area (Å²) in [6.45, 7) is 2.05. The number of aromatic nitrogens is 1. The topological polar surface area (TPSA) is 45.1 Å². The van der Waals surface area contributed by atoms with E-state index in [1.807, 2.05) is 17.5 Å². The van der Waals surface area contributed by atoms with Gasteiger partial charge in [-0.1, -0.05) is 23.8 Å². The summed E-state index contributed by atoms with van der Waals surface area (Å²) >= 11 is 1.68. The Labute approximate surface area is 133 Å². The van der Waals surface area contributed by atoms with Gasteiger partial charge >= 0.3 is 0 Å². The lowest BCUT2D eigenvalue weighted by Gasteiger charge is -2.14. The second-order valence-electron chi connectivity index (χ2n) is 5.23. The molecule has 1 aromatic carbocycles. The van der Waals surface area contributed by atoms with Gasteiger partial charge < -0.3 is 14.5 Å². The Morgan fingerprint density at radius 3 is 2.55 bits per heavy atom. The number of aliphatic carboxylic acids is 1. The summed E-state index contributed by atoms with van der Waals surface area (Å²) in [5.74, 6) is -1.02. The number of hydrogen-bond acceptors (Lipinski definition) is 3. The third-order valence-electron chi connectivity index (χ3n) is 3.61. The third-order valence-corrected chi connectivity index (χ3v) is 4.51. The van der Waals surface area contributed by atoms with Gasteiger partial charge in [-0.05, 0) is 55.5 Å². The Hall–Kier alpha value is -2.33. The fourth-order valence-corrected chi connectivity index (χ4v) is 3.26. The molecule has 2 aromatic heterocycles. The predicted octanol–water partition coefficient (Wildman–Crippen LogP) is 3.20. The van der Waals surface area contributed by atoms with Gasteiger partial charge in [-0.2, -0.15) is 0 Å². The number of rotatable bonds is 5. The molecule has 0 aliphatic rings. The lowest BCUT2D eigenvalue weighted by molar-refractivity contribution is -0.305. The highest BCUT2D eigenvalue weighted by Crippen LogP contribution is 2.30. The van der Waals surface area contributed by atoms with E-state index in [1.54, 1.807) is 11.3 Å². The van der Waals surface area contributed by atoms with Crippen molar-refractivity contribution in [3.05, 3.63) is 65.2 Å². The molecule has 0 atom stereocenters. The van der Waals surface area contributed by atoms with Crippen LogP contribution in [0.25, 0.3) is 16.3 Å². The molecule has 0 amide bonds. The number of carboxylic acids is 1.